The molecule has 1 unspecified atom stereocenters. The van der Waals surface area contributed by atoms with Crippen molar-refractivity contribution >= 4 is 5.97 Å². The molecule has 3 aromatic heterocycles. The van der Waals surface area contributed by atoms with Gasteiger partial charge in [-0.1, -0.05) is 0 Å². The second-order valence-electron chi connectivity index (χ2n) is 7.71. The summed E-state index contributed by atoms with van der Waals surface area (Å²) < 4.78 is 0. The molecule has 1 fully saturated rings. The number of aromatic nitrogens is 3. The first-order chi connectivity index (χ1) is 14.1. The van der Waals surface area contributed by atoms with E-state index in [4.69, 9.17) is 11.0 Å². The second-order valence-corrected chi connectivity index (χ2v) is 7.71. The van der Waals surface area contributed by atoms with Gasteiger partial charge in [-0.05, 0) is 60.9 Å². The zero-order valence-electron chi connectivity index (χ0n) is 15.6. The monoisotopic (exact) mass is 385 g/mol. The number of aromatic amines is 1. The number of hydrogen-bond donors (Lipinski definition) is 3. The van der Waals surface area contributed by atoms with Crippen LogP contribution in [0.1, 0.15) is 51.8 Å². The molecule has 3 heterocycles. The molecule has 0 aromatic carbocycles. The molecule has 3 aromatic rings. The zero-order chi connectivity index (χ0) is 20.1. The number of rotatable bonds is 4. The van der Waals surface area contributed by atoms with Gasteiger partial charge in [0, 0.05) is 35.3 Å². The number of nitriles is 1. The average Bonchev–Trinajstić information content (AvgIpc) is 3.51. The van der Waals surface area contributed by atoms with Crippen molar-refractivity contribution in [3.63, 3.8) is 0 Å². The number of carboxylic acids is 1. The first kappa shape index (κ1) is 17.6. The van der Waals surface area contributed by atoms with Crippen molar-refractivity contribution in [3.05, 3.63) is 58.7 Å². The molecule has 7 heteroatoms. The van der Waals surface area contributed by atoms with Crippen molar-refractivity contribution in [1.29, 1.82) is 5.26 Å². The van der Waals surface area contributed by atoms with Gasteiger partial charge in [-0.2, -0.15) is 5.26 Å². The molecule has 0 amide bonds. The summed E-state index contributed by atoms with van der Waals surface area (Å²) >= 11 is 0. The highest BCUT2D eigenvalue weighted by molar-refractivity contribution is 5.95. The van der Waals surface area contributed by atoms with E-state index in [1.54, 1.807) is 12.3 Å². The van der Waals surface area contributed by atoms with Gasteiger partial charge in [0.05, 0.1) is 17.0 Å². The fraction of sp³-hybridized carbons (Fsp3) is 0.273. The van der Waals surface area contributed by atoms with Crippen LogP contribution in [-0.2, 0) is 12.8 Å². The molecule has 4 N–H and O–H groups in total. The van der Waals surface area contributed by atoms with Gasteiger partial charge >= 0.3 is 5.97 Å². The Hall–Kier alpha value is -3.50. The van der Waals surface area contributed by atoms with Gasteiger partial charge in [0.2, 0.25) is 0 Å². The minimum Gasteiger partial charge on any atom is -0.478 e. The summed E-state index contributed by atoms with van der Waals surface area (Å²) in [5.41, 5.74) is 12.9. The molecule has 0 saturated heterocycles. The Kier molecular flexibility index (Phi) is 3.96. The maximum absolute atomic E-state index is 12.0. The van der Waals surface area contributed by atoms with E-state index < -0.39 is 5.97 Å². The lowest BCUT2D eigenvalue weighted by Crippen LogP contribution is -2.17. The number of carboxylic acid groups (broad SMARTS) is 1. The fourth-order valence-electron chi connectivity index (χ4n) is 4.17. The van der Waals surface area contributed by atoms with E-state index in [1.165, 1.54) is 0 Å². The Morgan fingerprint density at radius 1 is 1.28 bits per heavy atom. The normalized spacial score (nSPS) is 15.9. The van der Waals surface area contributed by atoms with Crippen LogP contribution in [0.25, 0.3) is 22.5 Å². The van der Waals surface area contributed by atoms with Crippen LogP contribution in [0.3, 0.4) is 0 Å². The summed E-state index contributed by atoms with van der Waals surface area (Å²) in [6.07, 6.45) is 6.94. The van der Waals surface area contributed by atoms with Gasteiger partial charge in [-0.15, -0.1) is 0 Å². The number of hydrogen-bond acceptors (Lipinski definition) is 5. The number of carbonyl (C=O) groups is 1. The van der Waals surface area contributed by atoms with Gasteiger partial charge in [-0.3, -0.25) is 4.98 Å². The van der Waals surface area contributed by atoms with Crippen LogP contribution in [0.5, 0.6) is 0 Å². The maximum atomic E-state index is 12.0. The van der Waals surface area contributed by atoms with Crippen molar-refractivity contribution in [3.8, 4) is 28.6 Å². The van der Waals surface area contributed by atoms with Crippen LogP contribution in [-0.4, -0.2) is 26.0 Å². The van der Waals surface area contributed by atoms with Gasteiger partial charge < -0.3 is 15.8 Å². The van der Waals surface area contributed by atoms with Crippen molar-refractivity contribution in [2.45, 2.75) is 31.7 Å². The van der Waals surface area contributed by atoms with Crippen molar-refractivity contribution < 1.29 is 9.90 Å². The lowest BCUT2D eigenvalue weighted by atomic mass is 9.88. The van der Waals surface area contributed by atoms with E-state index in [1.807, 2.05) is 24.4 Å². The highest BCUT2D eigenvalue weighted by Gasteiger charge is 2.36. The molecular weight excluding hydrogens is 366 g/mol. The smallest absolute Gasteiger partial charge is 0.337 e. The van der Waals surface area contributed by atoms with Crippen molar-refractivity contribution in [2.24, 2.45) is 11.7 Å². The molecule has 1 saturated carbocycles. The molecule has 0 aliphatic heterocycles. The number of nitrogens with one attached hydrogen (secondary N) is 1. The quantitative estimate of drug-likeness (QED) is 0.632. The predicted molar refractivity (Wildman–Crippen MR) is 106 cm³/mol. The summed E-state index contributed by atoms with van der Waals surface area (Å²) in [6, 6.07) is 7.17. The molecule has 0 bridgehead atoms. The van der Waals surface area contributed by atoms with Gasteiger partial charge in [0.1, 0.15) is 11.8 Å². The van der Waals surface area contributed by atoms with Crippen LogP contribution >= 0.6 is 0 Å². The standard InChI is InChI=1S/C22H19N5O2/c23-8-14-5-3-13(10-25-14)17-7-16-12(9-26-17)4-6-15-18(22(28)29)21(27-20(15)16)19(24)11-1-2-11/h3,5,7,9-11,19,27H,1-2,4,6,24H2,(H,28,29). The molecule has 0 spiro atoms. The summed E-state index contributed by atoms with van der Waals surface area (Å²) in [6.45, 7) is 0. The average molecular weight is 385 g/mol. The van der Waals surface area contributed by atoms with Crippen LogP contribution in [0, 0.1) is 17.2 Å². The molecule has 2 aliphatic rings. The summed E-state index contributed by atoms with van der Waals surface area (Å²) in [4.78, 5) is 24.1. The second kappa shape index (κ2) is 6.54. The molecular formula is C22H19N5O2. The number of aromatic carboxylic acids is 1. The molecule has 29 heavy (non-hydrogen) atoms. The summed E-state index contributed by atoms with van der Waals surface area (Å²) in [5, 5.41) is 18.8. The molecule has 7 nitrogen and oxygen atoms in total. The minimum absolute atomic E-state index is 0.279. The summed E-state index contributed by atoms with van der Waals surface area (Å²) in [5.74, 6) is -0.576. The maximum Gasteiger partial charge on any atom is 0.337 e. The number of nitrogens with zero attached hydrogens (tertiary/aromatic N) is 3. The third-order valence-corrected chi connectivity index (χ3v) is 5.88. The lowest BCUT2D eigenvalue weighted by Gasteiger charge is -2.17. The van der Waals surface area contributed by atoms with E-state index in [0.29, 0.717) is 29.3 Å². The molecule has 5 rings (SSSR count). The Morgan fingerprint density at radius 2 is 2.10 bits per heavy atom. The number of fused-ring (bicyclic) bond motifs is 3. The number of nitrogens with two attached hydrogens (primary N) is 1. The van der Waals surface area contributed by atoms with E-state index in [2.05, 4.69) is 15.0 Å². The Balaban J connectivity index is 1.63. The molecule has 0 radical (unpaired) electrons. The third kappa shape index (κ3) is 2.89. The largest absolute Gasteiger partial charge is 0.478 e. The minimum atomic E-state index is -0.928. The van der Waals surface area contributed by atoms with E-state index in [-0.39, 0.29) is 6.04 Å². The van der Waals surface area contributed by atoms with Gasteiger partial charge in [0.25, 0.3) is 0 Å². The number of aryl methyl sites for hydroxylation is 1. The summed E-state index contributed by atoms with van der Waals surface area (Å²) in [7, 11) is 0. The highest BCUT2D eigenvalue weighted by Crippen LogP contribution is 2.44. The highest BCUT2D eigenvalue weighted by atomic mass is 16.4. The topological polar surface area (TPSA) is 129 Å². The van der Waals surface area contributed by atoms with E-state index in [9.17, 15) is 9.90 Å². The Bertz CT molecular complexity index is 1170. The predicted octanol–water partition coefficient (Wildman–Crippen LogP) is 3.22. The Morgan fingerprint density at radius 3 is 2.76 bits per heavy atom. The molecule has 2 aliphatic carbocycles. The first-order valence-corrected chi connectivity index (χ1v) is 9.66. The zero-order valence-corrected chi connectivity index (χ0v) is 15.6. The number of pyridine rings is 2. The van der Waals surface area contributed by atoms with Crippen LogP contribution in [0.4, 0.5) is 0 Å². The fourth-order valence-corrected chi connectivity index (χ4v) is 4.17. The first-order valence-electron chi connectivity index (χ1n) is 9.66. The van der Waals surface area contributed by atoms with Crippen LogP contribution in [0.15, 0.2) is 30.6 Å². The van der Waals surface area contributed by atoms with E-state index >= 15 is 0 Å². The van der Waals surface area contributed by atoms with Crippen LogP contribution < -0.4 is 5.73 Å². The molecule has 1 atom stereocenters. The lowest BCUT2D eigenvalue weighted by molar-refractivity contribution is 0.0694. The number of H-pyrrole nitrogens is 1. The Labute approximate surface area is 167 Å². The van der Waals surface area contributed by atoms with Crippen LogP contribution in [0.2, 0.25) is 0 Å². The SMILES string of the molecule is N#Cc1ccc(-c2cc3c(cn2)CCc2c-3[nH]c(C(N)C3CC3)c2C(=O)O)cn1. The van der Waals surface area contributed by atoms with Crippen molar-refractivity contribution in [1.82, 2.24) is 15.0 Å². The van der Waals surface area contributed by atoms with Gasteiger partial charge in [-0.25, -0.2) is 9.78 Å². The third-order valence-electron chi connectivity index (χ3n) is 5.88. The molecule has 144 valence electrons. The van der Waals surface area contributed by atoms with Gasteiger partial charge in [0.15, 0.2) is 0 Å². The van der Waals surface area contributed by atoms with E-state index in [0.717, 1.165) is 52.9 Å². The van der Waals surface area contributed by atoms with Crippen molar-refractivity contribution in [2.75, 3.05) is 0 Å².